The molecule has 3 aromatic rings. The zero-order chi connectivity index (χ0) is 28.2. The summed E-state index contributed by atoms with van der Waals surface area (Å²) < 4.78 is 47.2. The van der Waals surface area contributed by atoms with Gasteiger partial charge in [-0.1, -0.05) is 6.92 Å². The minimum absolute atomic E-state index is 0.0867. The maximum atomic E-state index is 14.7. The van der Waals surface area contributed by atoms with E-state index in [0.717, 1.165) is 25.0 Å². The molecule has 1 fully saturated rings. The van der Waals surface area contributed by atoms with Crippen molar-refractivity contribution in [2.75, 3.05) is 20.3 Å². The molecular formula is C29H36F2N4O4. The van der Waals surface area contributed by atoms with E-state index in [0.29, 0.717) is 42.3 Å². The predicted octanol–water partition coefficient (Wildman–Crippen LogP) is 6.00. The second kappa shape index (κ2) is 12.0. The van der Waals surface area contributed by atoms with Gasteiger partial charge in [0, 0.05) is 24.8 Å². The zero-order valence-corrected chi connectivity index (χ0v) is 23.1. The first-order chi connectivity index (χ1) is 18.6. The van der Waals surface area contributed by atoms with Gasteiger partial charge in [-0.25, -0.2) is 18.3 Å². The lowest BCUT2D eigenvalue weighted by molar-refractivity contribution is 0.0779. The molecule has 2 aromatic carbocycles. The average Bonchev–Trinajstić information content (AvgIpc) is 3.52. The van der Waals surface area contributed by atoms with Gasteiger partial charge in [0.05, 0.1) is 36.7 Å². The molecule has 0 spiro atoms. The SMILES string of the molecule is CCc1nn(-c2ccc(OC)cc2)c(Oc2ccc(F)cc2F)c1CN(CC1CCCO1)C(=O)NC(C)(C)C. The third-order valence-electron chi connectivity index (χ3n) is 6.34. The van der Waals surface area contributed by atoms with Crippen LogP contribution in [0.5, 0.6) is 17.4 Å². The molecular weight excluding hydrogens is 506 g/mol. The molecule has 1 unspecified atom stereocenters. The van der Waals surface area contributed by atoms with Crippen molar-refractivity contribution in [1.82, 2.24) is 20.0 Å². The molecule has 1 atom stereocenters. The molecule has 210 valence electrons. The van der Waals surface area contributed by atoms with E-state index in [1.54, 1.807) is 41.0 Å². The second-order valence-corrected chi connectivity index (χ2v) is 10.6. The van der Waals surface area contributed by atoms with Crippen molar-refractivity contribution in [1.29, 1.82) is 0 Å². The Bertz CT molecular complexity index is 1280. The first kappa shape index (κ1) is 28.4. The summed E-state index contributed by atoms with van der Waals surface area (Å²) in [5, 5.41) is 7.82. The Labute approximate surface area is 227 Å². The fraction of sp³-hybridized carbons (Fsp3) is 0.448. The Balaban J connectivity index is 1.79. The normalized spacial score (nSPS) is 15.3. The molecule has 39 heavy (non-hydrogen) atoms. The monoisotopic (exact) mass is 542 g/mol. The lowest BCUT2D eigenvalue weighted by Gasteiger charge is -2.30. The van der Waals surface area contributed by atoms with Crippen molar-refractivity contribution >= 4 is 6.03 Å². The van der Waals surface area contributed by atoms with Gasteiger partial charge in [-0.2, -0.15) is 5.10 Å². The predicted molar refractivity (Wildman–Crippen MR) is 144 cm³/mol. The number of aromatic nitrogens is 2. The first-order valence-electron chi connectivity index (χ1n) is 13.1. The number of amides is 2. The van der Waals surface area contributed by atoms with Gasteiger partial charge >= 0.3 is 6.03 Å². The maximum absolute atomic E-state index is 14.7. The van der Waals surface area contributed by atoms with E-state index >= 15 is 0 Å². The largest absolute Gasteiger partial charge is 0.497 e. The molecule has 0 aliphatic carbocycles. The molecule has 1 aliphatic rings. The Morgan fingerprint density at radius 1 is 1.21 bits per heavy atom. The van der Waals surface area contributed by atoms with Crippen LogP contribution in [-0.4, -0.2) is 52.6 Å². The van der Waals surface area contributed by atoms with E-state index in [2.05, 4.69) is 5.32 Å². The highest BCUT2D eigenvalue weighted by Crippen LogP contribution is 2.34. The van der Waals surface area contributed by atoms with E-state index in [9.17, 15) is 13.6 Å². The molecule has 1 aliphatic heterocycles. The van der Waals surface area contributed by atoms with Crippen LogP contribution in [0.3, 0.4) is 0 Å². The van der Waals surface area contributed by atoms with Gasteiger partial charge < -0.3 is 24.4 Å². The summed E-state index contributed by atoms with van der Waals surface area (Å²) in [5.41, 5.74) is 1.51. The highest BCUT2D eigenvalue weighted by molar-refractivity contribution is 5.75. The van der Waals surface area contributed by atoms with Crippen molar-refractivity contribution in [2.45, 2.75) is 65.1 Å². The summed E-state index contributed by atoms with van der Waals surface area (Å²) in [7, 11) is 1.58. The first-order valence-corrected chi connectivity index (χ1v) is 13.1. The number of hydrogen-bond acceptors (Lipinski definition) is 5. The number of halogens is 2. The lowest BCUT2D eigenvalue weighted by atomic mass is 10.1. The van der Waals surface area contributed by atoms with Crippen molar-refractivity contribution in [2.24, 2.45) is 0 Å². The summed E-state index contributed by atoms with van der Waals surface area (Å²) >= 11 is 0. The van der Waals surface area contributed by atoms with Gasteiger partial charge in [-0.3, -0.25) is 0 Å². The number of ether oxygens (including phenoxy) is 3. The van der Waals surface area contributed by atoms with E-state index in [-0.39, 0.29) is 30.3 Å². The van der Waals surface area contributed by atoms with Crippen molar-refractivity contribution in [3.63, 3.8) is 0 Å². The molecule has 2 heterocycles. The van der Waals surface area contributed by atoms with Crippen molar-refractivity contribution in [3.05, 3.63) is 65.4 Å². The molecule has 0 saturated carbocycles. The summed E-state index contributed by atoms with van der Waals surface area (Å²) in [6.07, 6.45) is 2.24. The van der Waals surface area contributed by atoms with Crippen LogP contribution in [0.25, 0.3) is 5.69 Å². The Morgan fingerprint density at radius 2 is 1.95 bits per heavy atom. The van der Waals surface area contributed by atoms with Crippen LogP contribution < -0.4 is 14.8 Å². The summed E-state index contributed by atoms with van der Waals surface area (Å²) in [6, 6.07) is 10.1. The molecule has 1 N–H and O–H groups in total. The van der Waals surface area contributed by atoms with E-state index in [1.807, 2.05) is 27.7 Å². The van der Waals surface area contributed by atoms with Gasteiger partial charge in [0.1, 0.15) is 11.6 Å². The van der Waals surface area contributed by atoms with E-state index in [4.69, 9.17) is 19.3 Å². The van der Waals surface area contributed by atoms with Gasteiger partial charge in [-0.15, -0.1) is 0 Å². The highest BCUT2D eigenvalue weighted by atomic mass is 19.1. The summed E-state index contributed by atoms with van der Waals surface area (Å²) in [4.78, 5) is 15.1. The van der Waals surface area contributed by atoms with Gasteiger partial charge in [0.25, 0.3) is 0 Å². The quantitative estimate of drug-likeness (QED) is 0.359. The number of hydrogen-bond donors (Lipinski definition) is 1. The van der Waals surface area contributed by atoms with E-state index < -0.39 is 17.2 Å². The van der Waals surface area contributed by atoms with Crippen LogP contribution >= 0.6 is 0 Å². The number of nitrogens with zero attached hydrogens (tertiary/aromatic N) is 3. The standard InChI is InChI=1S/C29H36F2N4O4/c1-6-25-23(18-34(17-22-8-7-15-38-22)28(36)32-29(2,3)4)27(39-26-14-9-19(30)16-24(26)31)35(33-25)20-10-12-21(37-5)13-11-20/h9-14,16,22H,6-8,15,17-18H2,1-5H3,(H,32,36). The fourth-order valence-corrected chi connectivity index (χ4v) is 4.43. The number of carbonyl (C=O) groups is 1. The second-order valence-electron chi connectivity index (χ2n) is 10.6. The molecule has 8 nitrogen and oxygen atoms in total. The third-order valence-corrected chi connectivity index (χ3v) is 6.34. The lowest BCUT2D eigenvalue weighted by Crippen LogP contribution is -2.50. The highest BCUT2D eigenvalue weighted by Gasteiger charge is 2.29. The van der Waals surface area contributed by atoms with Crippen LogP contribution in [0.1, 0.15) is 51.8 Å². The number of rotatable bonds is 9. The molecule has 4 rings (SSSR count). The number of urea groups is 1. The van der Waals surface area contributed by atoms with Gasteiger partial charge in [0.2, 0.25) is 5.88 Å². The average molecular weight is 543 g/mol. The summed E-state index contributed by atoms with van der Waals surface area (Å²) in [5.74, 6) is -0.804. The van der Waals surface area contributed by atoms with E-state index in [1.165, 1.54) is 6.07 Å². The van der Waals surface area contributed by atoms with Crippen molar-refractivity contribution < 1.29 is 27.8 Å². The van der Waals surface area contributed by atoms with Crippen molar-refractivity contribution in [3.8, 4) is 23.1 Å². The maximum Gasteiger partial charge on any atom is 0.318 e. The third kappa shape index (κ3) is 7.06. The number of carbonyl (C=O) groups excluding carboxylic acids is 1. The number of benzene rings is 2. The van der Waals surface area contributed by atoms with Gasteiger partial charge in [0.15, 0.2) is 11.6 Å². The fourth-order valence-electron chi connectivity index (χ4n) is 4.43. The van der Waals surface area contributed by atoms with Crippen LogP contribution in [0.15, 0.2) is 42.5 Å². The minimum atomic E-state index is -0.844. The number of nitrogens with one attached hydrogen (secondary N) is 1. The molecule has 1 saturated heterocycles. The zero-order valence-electron chi connectivity index (χ0n) is 23.1. The van der Waals surface area contributed by atoms with Crippen LogP contribution in [0.2, 0.25) is 0 Å². The van der Waals surface area contributed by atoms with Crippen LogP contribution in [0.4, 0.5) is 13.6 Å². The van der Waals surface area contributed by atoms with Gasteiger partial charge in [-0.05, 0) is 76.4 Å². The minimum Gasteiger partial charge on any atom is -0.497 e. The molecule has 10 heteroatoms. The smallest absolute Gasteiger partial charge is 0.318 e. The molecule has 0 bridgehead atoms. The molecule has 0 radical (unpaired) electrons. The van der Waals surface area contributed by atoms with Crippen LogP contribution in [0, 0.1) is 11.6 Å². The Morgan fingerprint density at radius 3 is 2.54 bits per heavy atom. The topological polar surface area (TPSA) is 77.8 Å². The molecule has 1 aromatic heterocycles. The summed E-state index contributed by atoms with van der Waals surface area (Å²) in [6.45, 7) is 8.89. The Hall–Kier alpha value is -3.66. The number of methoxy groups -OCH3 is 1. The Kier molecular flexibility index (Phi) is 8.74. The number of aryl methyl sites for hydroxylation is 1. The molecule has 2 amide bonds. The van der Waals surface area contributed by atoms with Crippen LogP contribution in [-0.2, 0) is 17.7 Å².